The number of hydrogen-bond acceptors (Lipinski definition) is 3. The number of nitrogens with zero attached hydrogens (tertiary/aromatic N) is 1. The van der Waals surface area contributed by atoms with Crippen molar-refractivity contribution < 1.29 is 13.6 Å². The molecule has 2 aromatic carbocycles. The summed E-state index contributed by atoms with van der Waals surface area (Å²) < 4.78 is 27.5. The van der Waals surface area contributed by atoms with E-state index in [2.05, 4.69) is 4.98 Å². The largest absolute Gasteiger partial charge is 0.384 e. The smallest absolute Gasteiger partial charge is 0.270 e. The van der Waals surface area contributed by atoms with Gasteiger partial charge in [-0.3, -0.25) is 4.79 Å². The molecule has 156 valence electrons. The van der Waals surface area contributed by atoms with Gasteiger partial charge in [0.05, 0.1) is 0 Å². The number of hydrogen-bond donors (Lipinski definition) is 1. The second-order valence-electron chi connectivity index (χ2n) is 8.13. The summed E-state index contributed by atoms with van der Waals surface area (Å²) in [5.74, 6) is -2.18. The van der Waals surface area contributed by atoms with E-state index >= 15 is 0 Å². The van der Waals surface area contributed by atoms with Gasteiger partial charge < -0.3 is 5.73 Å². The quantitative estimate of drug-likeness (QED) is 0.469. The van der Waals surface area contributed by atoms with E-state index in [9.17, 15) is 13.6 Å². The zero-order chi connectivity index (χ0) is 21.9. The minimum atomic E-state index is -2.90. The fourth-order valence-electron chi connectivity index (χ4n) is 3.45. The highest BCUT2D eigenvalue weighted by atomic mass is 19.3. The van der Waals surface area contributed by atoms with E-state index in [0.29, 0.717) is 24.2 Å². The molecule has 0 aliphatic rings. The molecule has 0 amide bonds. The zero-order valence-electron chi connectivity index (χ0n) is 17.5. The minimum Gasteiger partial charge on any atom is -0.384 e. The van der Waals surface area contributed by atoms with Crippen LogP contribution in [0.3, 0.4) is 0 Å². The molecule has 0 unspecified atom stereocenters. The molecule has 2 N–H and O–H groups in total. The summed E-state index contributed by atoms with van der Waals surface area (Å²) in [6.07, 6.45) is 2.54. The van der Waals surface area contributed by atoms with Gasteiger partial charge in [0.2, 0.25) is 0 Å². The Labute approximate surface area is 176 Å². The Bertz CT molecular complexity index is 1060. The van der Waals surface area contributed by atoms with E-state index in [0.717, 1.165) is 29.2 Å². The number of alkyl halides is 2. The van der Waals surface area contributed by atoms with Crippen LogP contribution in [0, 0.1) is 5.92 Å². The molecule has 30 heavy (non-hydrogen) atoms. The molecule has 0 atom stereocenters. The van der Waals surface area contributed by atoms with E-state index < -0.39 is 5.92 Å². The lowest BCUT2D eigenvalue weighted by molar-refractivity contribution is 0.0174. The lowest BCUT2D eigenvalue weighted by Gasteiger charge is -2.15. The highest BCUT2D eigenvalue weighted by molar-refractivity contribution is 5.97. The summed E-state index contributed by atoms with van der Waals surface area (Å²) in [6, 6.07) is 15.6. The lowest BCUT2D eigenvalue weighted by Crippen LogP contribution is -2.07. The normalized spacial score (nSPS) is 11.7. The van der Waals surface area contributed by atoms with Crippen molar-refractivity contribution >= 4 is 11.6 Å². The number of pyridine rings is 1. The molecule has 1 heterocycles. The molecule has 0 fully saturated rings. The van der Waals surface area contributed by atoms with Crippen molar-refractivity contribution in [1.82, 2.24) is 4.98 Å². The first-order valence-corrected chi connectivity index (χ1v) is 9.98. The van der Waals surface area contributed by atoms with Gasteiger partial charge in [-0.25, -0.2) is 13.8 Å². The van der Waals surface area contributed by atoms with Crippen LogP contribution in [0.2, 0.25) is 0 Å². The molecule has 0 spiro atoms. The third-order valence-electron chi connectivity index (χ3n) is 4.95. The average molecular weight is 408 g/mol. The van der Waals surface area contributed by atoms with Gasteiger partial charge in [-0.2, -0.15) is 0 Å². The summed E-state index contributed by atoms with van der Waals surface area (Å²) >= 11 is 0. The van der Waals surface area contributed by atoms with Crippen LogP contribution in [-0.4, -0.2) is 10.8 Å². The van der Waals surface area contributed by atoms with Crippen molar-refractivity contribution in [3.63, 3.8) is 0 Å². The fraction of sp³-hybridized carbons (Fsp3) is 0.280. The molecule has 1 aromatic heterocycles. The first-order chi connectivity index (χ1) is 14.1. The maximum absolute atomic E-state index is 13.7. The highest BCUT2D eigenvalue weighted by Crippen LogP contribution is 2.31. The molecule has 0 radical (unpaired) electrons. The third kappa shape index (κ3) is 5.29. The molecule has 0 aliphatic heterocycles. The van der Waals surface area contributed by atoms with E-state index in [1.54, 1.807) is 18.3 Å². The van der Waals surface area contributed by atoms with Gasteiger partial charge in [0, 0.05) is 30.7 Å². The van der Waals surface area contributed by atoms with E-state index in [-0.39, 0.29) is 17.3 Å². The molecule has 3 rings (SSSR count). The number of Topliss-reactive ketones (excluding diaryl/α,β-unsaturated/α-hetero) is 1. The maximum atomic E-state index is 13.7. The molecule has 0 saturated heterocycles. The Morgan fingerprint density at radius 1 is 1.10 bits per heavy atom. The van der Waals surface area contributed by atoms with Gasteiger partial charge in [0.15, 0.2) is 5.78 Å². The van der Waals surface area contributed by atoms with Crippen molar-refractivity contribution in [2.24, 2.45) is 5.92 Å². The molecule has 5 heteroatoms. The number of nitrogens with two attached hydrogens (primary N) is 1. The average Bonchev–Trinajstić information content (AvgIpc) is 2.67. The van der Waals surface area contributed by atoms with Gasteiger partial charge in [-0.05, 0) is 58.9 Å². The number of aromatic nitrogens is 1. The number of rotatable bonds is 7. The fourth-order valence-corrected chi connectivity index (χ4v) is 3.45. The van der Waals surface area contributed by atoms with Crippen LogP contribution in [0.4, 0.5) is 14.6 Å². The van der Waals surface area contributed by atoms with Gasteiger partial charge in [0.25, 0.3) is 5.92 Å². The van der Waals surface area contributed by atoms with Gasteiger partial charge in [0.1, 0.15) is 5.82 Å². The molecule has 3 aromatic rings. The standard InChI is InChI=1S/C25H26F2N2O/c1-16(2)11-23(30)20-8-7-18(22(14-20)19-9-10-29-24(28)15-19)12-17-5-4-6-21(13-17)25(3,26)27/h4-10,13-16H,11-12H2,1-3H3,(H2,28,29). The Morgan fingerprint density at radius 3 is 2.53 bits per heavy atom. The minimum absolute atomic E-state index is 0.0153. The van der Waals surface area contributed by atoms with E-state index in [1.165, 1.54) is 12.1 Å². The number of benzene rings is 2. The number of carbonyl (C=O) groups is 1. The van der Waals surface area contributed by atoms with Crippen LogP contribution in [-0.2, 0) is 12.3 Å². The van der Waals surface area contributed by atoms with Crippen molar-refractivity contribution in [3.8, 4) is 11.1 Å². The monoisotopic (exact) mass is 408 g/mol. The Hall–Kier alpha value is -3.08. The summed E-state index contributed by atoms with van der Waals surface area (Å²) in [5.41, 5.74) is 9.89. The molecule has 0 bridgehead atoms. The summed E-state index contributed by atoms with van der Waals surface area (Å²) in [7, 11) is 0. The second-order valence-corrected chi connectivity index (χ2v) is 8.13. The molecular weight excluding hydrogens is 382 g/mol. The first-order valence-electron chi connectivity index (χ1n) is 9.98. The van der Waals surface area contributed by atoms with Crippen LogP contribution in [0.5, 0.6) is 0 Å². The van der Waals surface area contributed by atoms with E-state index in [4.69, 9.17) is 5.73 Å². The number of nitrogen functional groups attached to an aromatic ring is 1. The zero-order valence-corrected chi connectivity index (χ0v) is 17.5. The van der Waals surface area contributed by atoms with Gasteiger partial charge >= 0.3 is 0 Å². The van der Waals surface area contributed by atoms with Crippen LogP contribution in [0.15, 0.2) is 60.8 Å². The summed E-state index contributed by atoms with van der Waals surface area (Å²) in [6.45, 7) is 4.91. The maximum Gasteiger partial charge on any atom is 0.270 e. The topological polar surface area (TPSA) is 56.0 Å². The Kier molecular flexibility index (Phi) is 6.30. The number of ketones is 1. The Balaban J connectivity index is 2.04. The van der Waals surface area contributed by atoms with Gasteiger partial charge in [-0.15, -0.1) is 0 Å². The van der Waals surface area contributed by atoms with Crippen LogP contribution in [0.1, 0.15) is 54.2 Å². The summed E-state index contributed by atoms with van der Waals surface area (Å²) in [4.78, 5) is 16.7. The molecule has 0 saturated carbocycles. The molecular formula is C25H26F2N2O. The summed E-state index contributed by atoms with van der Waals surface area (Å²) in [5, 5.41) is 0. The SMILES string of the molecule is CC(C)CC(=O)c1ccc(Cc2cccc(C(C)(F)F)c2)c(-c2ccnc(N)c2)c1. The van der Waals surface area contributed by atoms with Crippen LogP contribution < -0.4 is 5.73 Å². The van der Waals surface area contributed by atoms with Crippen molar-refractivity contribution in [1.29, 1.82) is 0 Å². The van der Waals surface area contributed by atoms with Crippen LogP contribution in [0.25, 0.3) is 11.1 Å². The second kappa shape index (κ2) is 8.74. The first kappa shape index (κ1) is 21.6. The lowest BCUT2D eigenvalue weighted by atomic mass is 9.90. The predicted molar refractivity (Wildman–Crippen MR) is 117 cm³/mol. The third-order valence-corrected chi connectivity index (χ3v) is 4.95. The van der Waals surface area contributed by atoms with Crippen LogP contribution >= 0.6 is 0 Å². The predicted octanol–water partition coefficient (Wildman–Crippen LogP) is 6.26. The number of halogens is 2. The number of carbonyl (C=O) groups excluding carboxylic acids is 1. The molecule has 3 nitrogen and oxygen atoms in total. The van der Waals surface area contributed by atoms with Crippen molar-refractivity contribution in [2.45, 2.75) is 39.5 Å². The van der Waals surface area contributed by atoms with Gasteiger partial charge in [-0.1, -0.05) is 44.2 Å². The van der Waals surface area contributed by atoms with Crippen molar-refractivity contribution in [2.75, 3.05) is 5.73 Å². The van der Waals surface area contributed by atoms with Crippen molar-refractivity contribution in [3.05, 3.63) is 83.0 Å². The molecule has 0 aliphatic carbocycles. The Morgan fingerprint density at radius 2 is 1.87 bits per heavy atom. The van der Waals surface area contributed by atoms with E-state index in [1.807, 2.05) is 44.2 Å². The highest BCUT2D eigenvalue weighted by Gasteiger charge is 2.24. The number of anilines is 1.